The zero-order valence-corrected chi connectivity index (χ0v) is 18.9. The number of piperazine rings is 1. The summed E-state index contributed by atoms with van der Waals surface area (Å²) in [6.07, 6.45) is 2.70. The van der Waals surface area contributed by atoms with E-state index in [0.717, 1.165) is 50.5 Å². The molecule has 9 heteroatoms. The summed E-state index contributed by atoms with van der Waals surface area (Å²) in [7, 11) is 1.95. The summed E-state index contributed by atoms with van der Waals surface area (Å²) >= 11 is 5.90. The van der Waals surface area contributed by atoms with Gasteiger partial charge < -0.3 is 20.7 Å². The molecule has 1 atom stereocenters. The minimum atomic E-state index is -0.318. The summed E-state index contributed by atoms with van der Waals surface area (Å²) in [5.41, 5.74) is 2.37. The molecule has 2 aromatic rings. The van der Waals surface area contributed by atoms with E-state index in [2.05, 4.69) is 26.0 Å². The number of amides is 2. The minimum Gasteiger partial charge on any atom is -0.492 e. The van der Waals surface area contributed by atoms with Crippen molar-refractivity contribution in [2.75, 3.05) is 57.0 Å². The van der Waals surface area contributed by atoms with E-state index in [0.29, 0.717) is 23.0 Å². The SMILES string of the molecule is CN1N=CCC1c1cc(NC(=O)Nc2ccc(Cl)cc2)ccc1OCCN1CCNCC1. The van der Waals surface area contributed by atoms with Crippen molar-refractivity contribution in [2.24, 2.45) is 5.10 Å². The lowest BCUT2D eigenvalue weighted by Crippen LogP contribution is -2.44. The van der Waals surface area contributed by atoms with Crippen molar-refractivity contribution in [3.05, 3.63) is 53.1 Å². The topological polar surface area (TPSA) is 81.2 Å². The van der Waals surface area contributed by atoms with Gasteiger partial charge in [0.2, 0.25) is 0 Å². The van der Waals surface area contributed by atoms with Gasteiger partial charge in [-0.15, -0.1) is 0 Å². The molecular weight excluding hydrogens is 428 g/mol. The fraction of sp³-hybridized carbons (Fsp3) is 0.391. The number of hydrogen-bond donors (Lipinski definition) is 3. The smallest absolute Gasteiger partial charge is 0.323 e. The summed E-state index contributed by atoms with van der Waals surface area (Å²) < 4.78 is 6.18. The number of carbonyl (C=O) groups is 1. The summed E-state index contributed by atoms with van der Waals surface area (Å²) in [4.78, 5) is 14.9. The molecule has 32 heavy (non-hydrogen) atoms. The summed E-state index contributed by atoms with van der Waals surface area (Å²) in [6.45, 7) is 5.64. The first kappa shape index (κ1) is 22.4. The van der Waals surface area contributed by atoms with Gasteiger partial charge in [-0.3, -0.25) is 9.91 Å². The predicted octanol–water partition coefficient (Wildman–Crippen LogP) is 3.63. The number of nitrogens with zero attached hydrogens (tertiary/aromatic N) is 3. The molecule has 2 amide bonds. The van der Waals surface area contributed by atoms with E-state index in [4.69, 9.17) is 16.3 Å². The maximum Gasteiger partial charge on any atom is 0.323 e. The highest BCUT2D eigenvalue weighted by Gasteiger charge is 2.24. The van der Waals surface area contributed by atoms with Crippen LogP contribution in [0.25, 0.3) is 0 Å². The van der Waals surface area contributed by atoms with Crippen LogP contribution in [0.5, 0.6) is 5.75 Å². The van der Waals surface area contributed by atoms with Crippen LogP contribution in [0.1, 0.15) is 18.0 Å². The van der Waals surface area contributed by atoms with Crippen LogP contribution in [0.4, 0.5) is 16.2 Å². The normalized spacial score (nSPS) is 18.6. The molecule has 2 aliphatic heterocycles. The van der Waals surface area contributed by atoms with E-state index in [9.17, 15) is 4.79 Å². The standard InChI is InChI=1S/C23H29ClN6O2/c1-29-21(8-9-26-29)20-16-19(28-23(31)27-18-4-2-17(24)3-5-18)6-7-22(20)32-15-14-30-12-10-25-11-13-30/h2-7,9,16,21,25H,8,10-15H2,1H3,(H2,27,28,31). The molecule has 2 heterocycles. The van der Waals surface area contributed by atoms with Crippen LogP contribution in [-0.2, 0) is 0 Å². The molecule has 1 saturated heterocycles. The fourth-order valence-corrected chi connectivity index (χ4v) is 4.03. The Morgan fingerprint density at radius 3 is 2.59 bits per heavy atom. The predicted molar refractivity (Wildman–Crippen MR) is 129 cm³/mol. The van der Waals surface area contributed by atoms with Crippen LogP contribution in [-0.4, -0.2) is 68.5 Å². The Morgan fingerprint density at radius 1 is 1.16 bits per heavy atom. The van der Waals surface area contributed by atoms with Crippen LogP contribution in [0.2, 0.25) is 5.02 Å². The van der Waals surface area contributed by atoms with Gasteiger partial charge in [0.05, 0.1) is 6.04 Å². The van der Waals surface area contributed by atoms with E-state index >= 15 is 0 Å². The van der Waals surface area contributed by atoms with Crippen LogP contribution < -0.4 is 20.7 Å². The first-order chi connectivity index (χ1) is 15.6. The van der Waals surface area contributed by atoms with Crippen LogP contribution in [0.15, 0.2) is 47.6 Å². The quantitative estimate of drug-likeness (QED) is 0.592. The largest absolute Gasteiger partial charge is 0.492 e. The average Bonchev–Trinajstić information content (AvgIpc) is 3.22. The van der Waals surface area contributed by atoms with Gasteiger partial charge in [-0.25, -0.2) is 4.79 Å². The Labute approximate surface area is 193 Å². The van der Waals surface area contributed by atoms with Gasteiger partial charge in [0, 0.05) is 74.4 Å². The number of ether oxygens (including phenoxy) is 1. The van der Waals surface area contributed by atoms with Crippen molar-refractivity contribution in [1.29, 1.82) is 0 Å². The monoisotopic (exact) mass is 456 g/mol. The summed E-state index contributed by atoms with van der Waals surface area (Å²) in [6, 6.07) is 12.5. The van der Waals surface area contributed by atoms with Crippen molar-refractivity contribution in [3.63, 3.8) is 0 Å². The first-order valence-electron chi connectivity index (χ1n) is 10.9. The lowest BCUT2D eigenvalue weighted by atomic mass is 10.0. The third-order valence-electron chi connectivity index (χ3n) is 5.65. The zero-order valence-electron chi connectivity index (χ0n) is 18.2. The lowest BCUT2D eigenvalue weighted by Gasteiger charge is -2.27. The maximum atomic E-state index is 12.5. The molecule has 0 radical (unpaired) electrons. The molecule has 3 N–H and O–H groups in total. The number of rotatable bonds is 7. The second kappa shape index (κ2) is 10.7. The molecular formula is C23H29ClN6O2. The Bertz CT molecular complexity index is 946. The number of halogens is 1. The van der Waals surface area contributed by atoms with Crippen molar-refractivity contribution in [3.8, 4) is 5.75 Å². The van der Waals surface area contributed by atoms with Gasteiger partial charge in [-0.2, -0.15) is 5.10 Å². The molecule has 0 spiro atoms. The first-order valence-corrected chi connectivity index (χ1v) is 11.2. The molecule has 0 bridgehead atoms. The molecule has 2 aliphatic rings. The van der Waals surface area contributed by atoms with Crippen molar-refractivity contribution < 1.29 is 9.53 Å². The highest BCUT2D eigenvalue weighted by Crippen LogP contribution is 2.35. The lowest BCUT2D eigenvalue weighted by molar-refractivity contribution is 0.188. The number of hydrazone groups is 1. The van der Waals surface area contributed by atoms with Gasteiger partial charge in [0.1, 0.15) is 12.4 Å². The average molecular weight is 457 g/mol. The van der Waals surface area contributed by atoms with Crippen molar-refractivity contribution in [1.82, 2.24) is 15.2 Å². The van der Waals surface area contributed by atoms with Crippen molar-refractivity contribution in [2.45, 2.75) is 12.5 Å². The second-order valence-corrected chi connectivity index (χ2v) is 8.34. The molecule has 2 aromatic carbocycles. The molecule has 0 aromatic heterocycles. The molecule has 1 fully saturated rings. The van der Waals surface area contributed by atoms with Crippen LogP contribution in [0, 0.1) is 0 Å². The molecule has 0 saturated carbocycles. The molecule has 0 aliphatic carbocycles. The molecule has 170 valence electrons. The zero-order chi connectivity index (χ0) is 22.3. The minimum absolute atomic E-state index is 0.0743. The Hall–Kier alpha value is -2.81. The van der Waals surface area contributed by atoms with Gasteiger partial charge in [0.15, 0.2) is 0 Å². The summed E-state index contributed by atoms with van der Waals surface area (Å²) in [5, 5.41) is 16.0. The second-order valence-electron chi connectivity index (χ2n) is 7.90. The number of hydrogen-bond acceptors (Lipinski definition) is 6. The number of benzene rings is 2. The van der Waals surface area contributed by atoms with Gasteiger partial charge >= 0.3 is 6.03 Å². The van der Waals surface area contributed by atoms with Crippen molar-refractivity contribution >= 4 is 35.2 Å². The third kappa shape index (κ3) is 5.91. The van der Waals surface area contributed by atoms with Crippen LogP contribution in [0.3, 0.4) is 0 Å². The highest BCUT2D eigenvalue weighted by molar-refractivity contribution is 6.30. The number of anilines is 2. The molecule has 4 rings (SSSR count). The van der Waals surface area contributed by atoms with E-state index in [1.807, 2.05) is 36.5 Å². The summed E-state index contributed by atoms with van der Waals surface area (Å²) in [5.74, 6) is 0.825. The van der Waals surface area contributed by atoms with Gasteiger partial charge in [-0.1, -0.05) is 11.6 Å². The van der Waals surface area contributed by atoms with E-state index < -0.39 is 0 Å². The van der Waals surface area contributed by atoms with Crippen LogP contribution >= 0.6 is 11.6 Å². The molecule has 1 unspecified atom stereocenters. The Kier molecular flexibility index (Phi) is 7.47. The van der Waals surface area contributed by atoms with Gasteiger partial charge in [0.25, 0.3) is 0 Å². The molecule has 8 nitrogen and oxygen atoms in total. The highest BCUT2D eigenvalue weighted by atomic mass is 35.5. The van der Waals surface area contributed by atoms with E-state index in [1.54, 1.807) is 24.3 Å². The number of nitrogens with one attached hydrogen (secondary N) is 3. The number of carbonyl (C=O) groups excluding carboxylic acids is 1. The van der Waals surface area contributed by atoms with E-state index in [1.165, 1.54) is 0 Å². The van der Waals surface area contributed by atoms with E-state index in [-0.39, 0.29) is 12.1 Å². The fourth-order valence-electron chi connectivity index (χ4n) is 3.90. The Balaban J connectivity index is 1.42. The third-order valence-corrected chi connectivity index (χ3v) is 5.90. The Morgan fingerprint density at radius 2 is 1.88 bits per heavy atom. The van der Waals surface area contributed by atoms with Gasteiger partial charge in [-0.05, 0) is 42.5 Å². The number of urea groups is 1. The maximum absolute atomic E-state index is 12.5.